The number of hydrogen-bond donors (Lipinski definition) is 1. The smallest absolute Gasteiger partial charge is 0.322 e. The van der Waals surface area contributed by atoms with Crippen LogP contribution in [0.15, 0.2) is 66.7 Å². The van der Waals surface area contributed by atoms with Gasteiger partial charge >= 0.3 is 24.2 Å². The molecule has 0 aromatic heterocycles. The highest BCUT2D eigenvalue weighted by Crippen LogP contribution is 2.54. The van der Waals surface area contributed by atoms with Crippen LogP contribution < -0.4 is 9.24 Å². The number of carbonyl (C=O) groups is 2. The Bertz CT molecular complexity index is 1430. The van der Waals surface area contributed by atoms with Gasteiger partial charge in [0.2, 0.25) is 0 Å². The van der Waals surface area contributed by atoms with E-state index < -0.39 is 58.9 Å². The molecule has 4 nitrogen and oxygen atoms in total. The molecule has 0 heterocycles. The van der Waals surface area contributed by atoms with Gasteiger partial charge in [0.15, 0.2) is 0 Å². The number of hydrogen-bond acceptors (Lipinski definition) is 2. The Labute approximate surface area is 231 Å². The van der Waals surface area contributed by atoms with E-state index in [-0.39, 0.29) is 37.9 Å². The van der Waals surface area contributed by atoms with Gasteiger partial charge in [-0.25, -0.2) is 8.32 Å². The summed E-state index contributed by atoms with van der Waals surface area (Å²) in [4.78, 5) is 25.4. The molecular formula is C24H12BrClF10N2O2. The van der Waals surface area contributed by atoms with Crippen molar-refractivity contribution in [1.29, 1.82) is 0 Å². The van der Waals surface area contributed by atoms with Crippen LogP contribution in [-0.2, 0) is 11.8 Å². The topological polar surface area (TPSA) is 49.4 Å². The standard InChI is InChI=1S/C24H12BrClF10N2O2/c25-38(20(40)12-4-3-5-14(10-12)37-19(39)15-6-1-2-7-17(15)26)18-9-8-13(11-16(18)22(28,29)30)21(27,23(31,32)33)24(34,35)36/h1-11H,(H,37,39). The van der Waals surface area contributed by atoms with Crippen molar-refractivity contribution >= 4 is 50.9 Å². The summed E-state index contributed by atoms with van der Waals surface area (Å²) in [7, 11) is 0. The number of alkyl halides is 10. The second kappa shape index (κ2) is 10.9. The first-order valence-electron chi connectivity index (χ1n) is 10.5. The Morgan fingerprint density at radius 3 is 1.93 bits per heavy atom. The van der Waals surface area contributed by atoms with Crippen molar-refractivity contribution in [2.24, 2.45) is 0 Å². The molecule has 3 aromatic carbocycles. The molecule has 2 amide bonds. The average molecular weight is 666 g/mol. The van der Waals surface area contributed by atoms with Crippen molar-refractivity contribution in [3.8, 4) is 0 Å². The van der Waals surface area contributed by atoms with Gasteiger partial charge in [0.25, 0.3) is 11.8 Å². The third-order valence-electron chi connectivity index (χ3n) is 5.36. The molecule has 0 aliphatic carbocycles. The minimum absolute atomic E-state index is 0.0133. The highest BCUT2D eigenvalue weighted by molar-refractivity contribution is 9.10. The lowest BCUT2D eigenvalue weighted by molar-refractivity contribution is -0.348. The maximum absolute atomic E-state index is 14.4. The van der Waals surface area contributed by atoms with Crippen molar-refractivity contribution in [1.82, 2.24) is 0 Å². The van der Waals surface area contributed by atoms with Gasteiger partial charge in [0, 0.05) is 16.8 Å². The van der Waals surface area contributed by atoms with Crippen LogP contribution in [0.1, 0.15) is 31.8 Å². The number of halogens is 12. The average Bonchev–Trinajstić information content (AvgIpc) is 2.85. The summed E-state index contributed by atoms with van der Waals surface area (Å²) in [5.74, 6) is -1.98. The maximum Gasteiger partial charge on any atom is 0.435 e. The van der Waals surface area contributed by atoms with Crippen molar-refractivity contribution in [2.75, 3.05) is 9.24 Å². The van der Waals surface area contributed by atoms with Gasteiger partial charge < -0.3 is 5.32 Å². The fraction of sp³-hybridized carbons (Fsp3) is 0.167. The molecule has 0 spiro atoms. The number of carbonyl (C=O) groups excluding carboxylic acids is 2. The minimum Gasteiger partial charge on any atom is -0.322 e. The molecule has 3 aromatic rings. The molecule has 0 radical (unpaired) electrons. The van der Waals surface area contributed by atoms with E-state index in [0.717, 1.165) is 12.1 Å². The number of benzene rings is 3. The van der Waals surface area contributed by atoms with Crippen LogP contribution in [-0.4, -0.2) is 24.2 Å². The van der Waals surface area contributed by atoms with E-state index in [1.165, 1.54) is 30.3 Å². The van der Waals surface area contributed by atoms with Crippen molar-refractivity contribution < 1.29 is 53.5 Å². The zero-order chi connectivity index (χ0) is 30.3. The highest BCUT2D eigenvalue weighted by atomic mass is 79.9. The van der Waals surface area contributed by atoms with Crippen molar-refractivity contribution in [3.63, 3.8) is 0 Å². The molecule has 1 N–H and O–H groups in total. The van der Waals surface area contributed by atoms with Crippen molar-refractivity contribution in [3.05, 3.63) is 94.0 Å². The summed E-state index contributed by atoms with van der Waals surface area (Å²) in [5.41, 5.74) is -12.3. The van der Waals surface area contributed by atoms with E-state index in [0.29, 0.717) is 0 Å². The summed E-state index contributed by atoms with van der Waals surface area (Å²) in [6, 6.07) is 9.83. The Hall–Kier alpha value is -3.33. The first kappa shape index (κ1) is 31.2. The molecule has 214 valence electrons. The summed E-state index contributed by atoms with van der Waals surface area (Å²) in [5, 5.41) is 2.51. The quantitative estimate of drug-likeness (QED) is 0.219. The Kier molecular flexibility index (Phi) is 8.52. The SMILES string of the molecule is O=C(Nc1cccc(C(=O)N(Br)c2ccc(C(F)(C(F)(F)F)C(F)(F)F)cc2C(F)(F)F)c1)c1ccccc1Cl. The monoisotopic (exact) mass is 664 g/mol. The lowest BCUT2D eigenvalue weighted by Gasteiger charge is -2.31. The molecule has 0 fully saturated rings. The Morgan fingerprint density at radius 2 is 1.38 bits per heavy atom. The Balaban J connectivity index is 2.00. The second-order valence-corrected chi connectivity index (χ2v) is 9.10. The zero-order valence-corrected chi connectivity index (χ0v) is 21.5. The van der Waals surface area contributed by atoms with Crippen LogP contribution in [0.3, 0.4) is 0 Å². The first-order valence-corrected chi connectivity index (χ1v) is 11.6. The van der Waals surface area contributed by atoms with E-state index in [4.69, 9.17) is 11.6 Å². The molecule has 0 saturated heterocycles. The third kappa shape index (κ3) is 6.04. The van der Waals surface area contributed by atoms with Crippen LogP contribution >= 0.6 is 27.7 Å². The second-order valence-electron chi connectivity index (χ2n) is 7.98. The first-order chi connectivity index (χ1) is 18.3. The molecule has 3 rings (SSSR count). The van der Waals surface area contributed by atoms with Crippen LogP contribution in [0.4, 0.5) is 55.3 Å². The minimum atomic E-state index is -6.66. The molecule has 0 aliphatic rings. The van der Waals surface area contributed by atoms with Gasteiger partial charge in [-0.05, 0) is 42.5 Å². The number of anilines is 2. The lowest BCUT2D eigenvalue weighted by atomic mass is 9.92. The van der Waals surface area contributed by atoms with Gasteiger partial charge in [0.05, 0.1) is 38.0 Å². The molecular weight excluding hydrogens is 654 g/mol. The van der Waals surface area contributed by atoms with E-state index in [9.17, 15) is 53.5 Å². The number of nitrogens with zero attached hydrogens (tertiary/aromatic N) is 1. The molecule has 0 bridgehead atoms. The maximum atomic E-state index is 14.4. The van der Waals surface area contributed by atoms with Crippen LogP contribution in [0.25, 0.3) is 0 Å². The largest absolute Gasteiger partial charge is 0.435 e. The van der Waals surface area contributed by atoms with Crippen LogP contribution in [0.2, 0.25) is 5.02 Å². The lowest BCUT2D eigenvalue weighted by Crippen LogP contribution is -2.50. The normalized spacial score (nSPS) is 12.7. The molecule has 0 saturated carbocycles. The van der Waals surface area contributed by atoms with Crippen LogP contribution in [0, 0.1) is 0 Å². The van der Waals surface area contributed by atoms with Gasteiger partial charge in [0.1, 0.15) is 0 Å². The van der Waals surface area contributed by atoms with E-state index >= 15 is 0 Å². The highest BCUT2D eigenvalue weighted by Gasteiger charge is 2.73. The third-order valence-corrected chi connectivity index (χ3v) is 6.39. The predicted octanol–water partition coefficient (Wildman–Crippen LogP) is 8.86. The molecule has 16 heteroatoms. The van der Waals surface area contributed by atoms with Gasteiger partial charge in [-0.1, -0.05) is 35.9 Å². The summed E-state index contributed by atoms with van der Waals surface area (Å²) in [6.07, 6.45) is -18.9. The predicted molar refractivity (Wildman–Crippen MR) is 128 cm³/mol. The summed E-state index contributed by atoms with van der Waals surface area (Å²) < 4.78 is 134. The van der Waals surface area contributed by atoms with Gasteiger partial charge in [-0.15, -0.1) is 0 Å². The summed E-state index contributed by atoms with van der Waals surface area (Å²) >= 11 is 8.50. The Morgan fingerprint density at radius 1 is 0.775 bits per heavy atom. The zero-order valence-electron chi connectivity index (χ0n) is 19.2. The fourth-order valence-electron chi connectivity index (χ4n) is 3.43. The molecule has 0 atom stereocenters. The number of nitrogens with one attached hydrogen (secondary N) is 1. The number of rotatable bonds is 5. The molecule has 0 unspecified atom stereocenters. The van der Waals surface area contributed by atoms with E-state index in [1.54, 1.807) is 6.07 Å². The van der Waals surface area contributed by atoms with Gasteiger partial charge in [-0.2, -0.15) is 39.5 Å². The van der Waals surface area contributed by atoms with E-state index in [1.807, 2.05) is 0 Å². The van der Waals surface area contributed by atoms with Crippen molar-refractivity contribution in [2.45, 2.75) is 24.2 Å². The van der Waals surface area contributed by atoms with E-state index in [2.05, 4.69) is 21.5 Å². The fourth-order valence-corrected chi connectivity index (χ4v) is 4.17. The van der Waals surface area contributed by atoms with Gasteiger partial charge in [-0.3, -0.25) is 9.59 Å². The number of amides is 2. The summed E-state index contributed by atoms with van der Waals surface area (Å²) in [6.45, 7) is 0. The molecule has 0 aliphatic heterocycles. The molecule has 40 heavy (non-hydrogen) atoms. The van der Waals surface area contributed by atoms with Crippen LogP contribution in [0.5, 0.6) is 0 Å².